The van der Waals surface area contributed by atoms with Gasteiger partial charge in [0.2, 0.25) is 0 Å². The van der Waals surface area contributed by atoms with E-state index in [1.807, 2.05) is 6.92 Å². The average Bonchev–Trinajstić information content (AvgIpc) is 1.91. The van der Waals surface area contributed by atoms with Crippen molar-refractivity contribution < 1.29 is 5.06 Å². The summed E-state index contributed by atoms with van der Waals surface area (Å²) in [6, 6.07) is 0.375. The average molecular weight is 101 g/mol. The van der Waals surface area contributed by atoms with Gasteiger partial charge < -0.3 is 10.3 Å². The van der Waals surface area contributed by atoms with E-state index in [2.05, 4.69) is 0 Å². The van der Waals surface area contributed by atoms with Crippen molar-refractivity contribution in [2.45, 2.75) is 25.8 Å². The van der Waals surface area contributed by atoms with E-state index >= 15 is 0 Å². The normalized spacial score (nSPS) is 42.0. The quantitative estimate of drug-likeness (QED) is 0.411. The topological polar surface area (TPSA) is 27.5 Å². The zero-order chi connectivity index (χ0) is 5.28. The number of quaternary nitrogens is 1. The van der Waals surface area contributed by atoms with Crippen LogP contribution in [0.1, 0.15) is 19.8 Å². The number of hydrogen-bond acceptors (Lipinski definition) is 1. The van der Waals surface area contributed by atoms with Crippen LogP contribution in [0.15, 0.2) is 0 Å². The van der Waals surface area contributed by atoms with Crippen LogP contribution >= 0.6 is 0 Å². The molecule has 0 aromatic carbocycles. The Bertz CT molecular complexity index is 57.1. The fourth-order valence-electron chi connectivity index (χ4n) is 0.990. The second kappa shape index (κ2) is 1.80. The summed E-state index contributed by atoms with van der Waals surface area (Å²) in [5.74, 6) is 0. The van der Waals surface area contributed by atoms with Crippen molar-refractivity contribution in [3.05, 3.63) is 5.21 Å². The number of hydrogen-bond donors (Lipinski definition) is 1. The van der Waals surface area contributed by atoms with Crippen LogP contribution in [0.25, 0.3) is 0 Å². The fraction of sp³-hybridized carbons (Fsp3) is 1.00. The van der Waals surface area contributed by atoms with Crippen molar-refractivity contribution in [2.75, 3.05) is 6.54 Å². The van der Waals surface area contributed by atoms with E-state index in [9.17, 15) is 5.21 Å². The number of nitrogens with one attached hydrogen (secondary N) is 1. The van der Waals surface area contributed by atoms with E-state index in [1.165, 1.54) is 0 Å². The molecule has 1 unspecified atom stereocenters. The van der Waals surface area contributed by atoms with Crippen molar-refractivity contribution in [1.82, 2.24) is 0 Å². The molecule has 7 heavy (non-hydrogen) atoms. The summed E-state index contributed by atoms with van der Waals surface area (Å²) in [6.45, 7) is 2.84. The van der Waals surface area contributed by atoms with Crippen LogP contribution in [-0.2, 0) is 0 Å². The summed E-state index contributed by atoms with van der Waals surface area (Å²) in [5.41, 5.74) is 0. The molecule has 0 aliphatic carbocycles. The third-order valence-electron chi connectivity index (χ3n) is 1.61. The van der Waals surface area contributed by atoms with Gasteiger partial charge in [-0.1, -0.05) is 0 Å². The molecule has 2 atom stereocenters. The van der Waals surface area contributed by atoms with Crippen LogP contribution in [-0.4, -0.2) is 12.6 Å². The Morgan fingerprint density at radius 1 is 1.71 bits per heavy atom. The van der Waals surface area contributed by atoms with Crippen LogP contribution in [0.5, 0.6) is 0 Å². The molecule has 0 saturated carbocycles. The van der Waals surface area contributed by atoms with Gasteiger partial charge in [0.1, 0.15) is 0 Å². The zero-order valence-electron chi connectivity index (χ0n) is 4.61. The Balaban J connectivity index is 2.33. The molecule has 1 aliphatic heterocycles. The monoisotopic (exact) mass is 101 g/mol. The maximum atomic E-state index is 10.6. The predicted octanol–water partition coefficient (Wildman–Crippen LogP) is -0.449. The summed E-state index contributed by atoms with van der Waals surface area (Å²) in [4.78, 5) is 0. The zero-order valence-corrected chi connectivity index (χ0v) is 4.61. The highest BCUT2D eigenvalue weighted by Gasteiger charge is 2.15. The van der Waals surface area contributed by atoms with Crippen LogP contribution in [0.2, 0.25) is 0 Å². The summed E-state index contributed by atoms with van der Waals surface area (Å²) < 4.78 is 0. The largest absolute Gasteiger partial charge is 0.634 e. The molecule has 1 rings (SSSR count). The molecule has 42 valence electrons. The summed E-state index contributed by atoms with van der Waals surface area (Å²) >= 11 is 0. The van der Waals surface area contributed by atoms with Crippen molar-refractivity contribution in [3.63, 3.8) is 0 Å². The lowest BCUT2D eigenvalue weighted by Crippen LogP contribution is -3.08. The molecule has 1 fully saturated rings. The molecule has 2 nitrogen and oxygen atoms in total. The molecule has 0 aromatic heterocycles. The van der Waals surface area contributed by atoms with E-state index in [-0.39, 0.29) is 0 Å². The van der Waals surface area contributed by atoms with Gasteiger partial charge in [0.15, 0.2) is 0 Å². The van der Waals surface area contributed by atoms with Gasteiger partial charge in [0.05, 0.1) is 12.6 Å². The first-order valence-corrected chi connectivity index (χ1v) is 2.83. The van der Waals surface area contributed by atoms with Crippen LogP contribution in [0, 0.1) is 5.21 Å². The van der Waals surface area contributed by atoms with Crippen LogP contribution in [0.3, 0.4) is 0 Å². The van der Waals surface area contributed by atoms with Gasteiger partial charge >= 0.3 is 0 Å². The van der Waals surface area contributed by atoms with Crippen molar-refractivity contribution in [3.8, 4) is 0 Å². The molecule has 2 heteroatoms. The van der Waals surface area contributed by atoms with E-state index in [1.54, 1.807) is 0 Å². The molecule has 0 amide bonds. The van der Waals surface area contributed by atoms with Gasteiger partial charge in [0.25, 0.3) is 0 Å². The highest BCUT2D eigenvalue weighted by atomic mass is 16.5. The third-order valence-corrected chi connectivity index (χ3v) is 1.61. The molecule has 1 heterocycles. The van der Waals surface area contributed by atoms with Gasteiger partial charge in [-0.2, -0.15) is 0 Å². The molecule has 0 radical (unpaired) electrons. The van der Waals surface area contributed by atoms with E-state index in [0.717, 1.165) is 19.4 Å². The van der Waals surface area contributed by atoms with E-state index in [0.29, 0.717) is 11.1 Å². The van der Waals surface area contributed by atoms with Gasteiger partial charge in [0, 0.05) is 12.8 Å². The summed E-state index contributed by atoms with van der Waals surface area (Å²) in [5, 5.41) is 11.0. The fourth-order valence-corrected chi connectivity index (χ4v) is 0.990. The highest BCUT2D eigenvalue weighted by Crippen LogP contribution is 1.95. The lowest BCUT2D eigenvalue weighted by atomic mass is 10.3. The Morgan fingerprint density at radius 2 is 2.43 bits per heavy atom. The van der Waals surface area contributed by atoms with Gasteiger partial charge in [-0.25, -0.2) is 0 Å². The van der Waals surface area contributed by atoms with Crippen molar-refractivity contribution >= 4 is 0 Å². The maximum absolute atomic E-state index is 10.6. The standard InChI is InChI=1S/C5H11NO/c1-5-3-2-4-6(5)7/h5-6H,2-4H2,1H3/t5-/m0/s1. The minimum absolute atomic E-state index is 0.375. The van der Waals surface area contributed by atoms with Gasteiger partial charge in [-0.3, -0.25) is 0 Å². The third kappa shape index (κ3) is 0.924. The SMILES string of the molecule is C[C@H]1CCC[NH+]1[O-]. The maximum Gasteiger partial charge on any atom is 0.0845 e. The van der Waals surface area contributed by atoms with Crippen LogP contribution < -0.4 is 5.06 Å². The highest BCUT2D eigenvalue weighted by molar-refractivity contribution is 4.54. The van der Waals surface area contributed by atoms with Crippen LogP contribution in [0.4, 0.5) is 0 Å². The lowest BCUT2D eigenvalue weighted by Gasteiger charge is -2.19. The Morgan fingerprint density at radius 3 is 2.57 bits per heavy atom. The number of hydroxylamine groups is 2. The molecule has 0 spiro atoms. The molecule has 1 saturated heterocycles. The van der Waals surface area contributed by atoms with E-state index < -0.39 is 0 Å². The second-order valence-electron chi connectivity index (χ2n) is 2.26. The summed E-state index contributed by atoms with van der Waals surface area (Å²) in [6.07, 6.45) is 2.25. The van der Waals surface area contributed by atoms with E-state index in [4.69, 9.17) is 0 Å². The molecular formula is C5H11NO. The molecule has 1 N–H and O–H groups in total. The lowest BCUT2D eigenvalue weighted by molar-refractivity contribution is -0.858. The Kier molecular flexibility index (Phi) is 1.30. The molecule has 0 aromatic rings. The minimum Gasteiger partial charge on any atom is -0.634 e. The van der Waals surface area contributed by atoms with Gasteiger partial charge in [-0.15, -0.1) is 0 Å². The first-order chi connectivity index (χ1) is 3.30. The molecule has 0 bridgehead atoms. The molecular weight excluding hydrogens is 90.1 g/mol. The predicted molar refractivity (Wildman–Crippen MR) is 27.9 cm³/mol. The first kappa shape index (κ1) is 5.06. The Labute approximate surface area is 43.7 Å². The Hall–Kier alpha value is -0.0800. The van der Waals surface area contributed by atoms with Gasteiger partial charge in [-0.05, 0) is 6.92 Å². The smallest absolute Gasteiger partial charge is 0.0845 e. The summed E-state index contributed by atoms with van der Waals surface area (Å²) in [7, 11) is 0. The second-order valence-corrected chi connectivity index (χ2v) is 2.26. The number of rotatable bonds is 0. The first-order valence-electron chi connectivity index (χ1n) is 2.83. The van der Waals surface area contributed by atoms with Crippen molar-refractivity contribution in [2.24, 2.45) is 0 Å². The molecule has 1 aliphatic rings. The van der Waals surface area contributed by atoms with Crippen molar-refractivity contribution in [1.29, 1.82) is 0 Å². The minimum atomic E-state index is 0.375.